The molecule has 0 radical (unpaired) electrons. The maximum atomic E-state index is 11.9. The van der Waals surface area contributed by atoms with Gasteiger partial charge in [-0.25, -0.2) is 0 Å². The smallest absolute Gasteiger partial charge is 0.220 e. The number of nitrogens with one attached hydrogen (secondary N) is 1. The first kappa shape index (κ1) is 15.3. The molecule has 4 heteroatoms. The van der Waals surface area contributed by atoms with Crippen molar-refractivity contribution in [1.82, 2.24) is 5.32 Å². The van der Waals surface area contributed by atoms with Gasteiger partial charge in [-0.1, -0.05) is 28.8 Å². The fraction of sp³-hybridized carbons (Fsp3) is 0.933. The number of ether oxygens (including phenoxy) is 1. The normalized spacial score (nSPS) is 34.6. The first-order valence-corrected chi connectivity index (χ1v) is 8.63. The summed E-state index contributed by atoms with van der Waals surface area (Å²) in [5, 5.41) is 3.12. The molecule has 110 valence electrons. The van der Waals surface area contributed by atoms with E-state index in [1.807, 2.05) is 6.92 Å². The van der Waals surface area contributed by atoms with Crippen LogP contribution in [0, 0.1) is 11.8 Å². The van der Waals surface area contributed by atoms with Crippen molar-refractivity contribution in [3.63, 3.8) is 0 Å². The molecule has 0 aromatic carbocycles. The fourth-order valence-corrected chi connectivity index (χ4v) is 3.96. The van der Waals surface area contributed by atoms with E-state index in [9.17, 15) is 4.79 Å². The molecule has 0 aliphatic heterocycles. The molecule has 2 atom stereocenters. The number of hydrogen-bond donors (Lipinski definition) is 1. The average molecular weight is 332 g/mol. The zero-order chi connectivity index (χ0) is 13.7. The molecule has 3 nitrogen and oxygen atoms in total. The summed E-state index contributed by atoms with van der Waals surface area (Å²) in [6, 6.07) is 0. The van der Waals surface area contributed by atoms with Crippen molar-refractivity contribution < 1.29 is 9.53 Å². The number of rotatable bonds is 6. The van der Waals surface area contributed by atoms with Crippen LogP contribution in [-0.4, -0.2) is 30.0 Å². The van der Waals surface area contributed by atoms with Crippen molar-refractivity contribution >= 4 is 21.8 Å². The van der Waals surface area contributed by atoms with E-state index in [1.165, 1.54) is 25.7 Å². The monoisotopic (exact) mass is 331 g/mol. The molecule has 1 N–H and O–H groups in total. The summed E-state index contributed by atoms with van der Waals surface area (Å²) < 4.78 is 5.52. The molecule has 2 saturated carbocycles. The van der Waals surface area contributed by atoms with Crippen LogP contribution in [0.15, 0.2) is 0 Å². The number of carbonyl (C=O) groups excluding carboxylic acids is 1. The molecule has 2 rings (SSSR count). The molecular weight excluding hydrogens is 306 g/mol. The van der Waals surface area contributed by atoms with E-state index >= 15 is 0 Å². The highest BCUT2D eigenvalue weighted by molar-refractivity contribution is 9.09. The summed E-state index contributed by atoms with van der Waals surface area (Å²) >= 11 is 3.74. The summed E-state index contributed by atoms with van der Waals surface area (Å²) in [7, 11) is 0. The average Bonchev–Trinajstić information content (AvgIpc) is 2.35. The van der Waals surface area contributed by atoms with Crippen LogP contribution in [0.2, 0.25) is 0 Å². The van der Waals surface area contributed by atoms with E-state index in [1.54, 1.807) is 0 Å². The number of carbonyl (C=O) groups is 1. The van der Waals surface area contributed by atoms with Gasteiger partial charge in [0.05, 0.1) is 6.10 Å². The van der Waals surface area contributed by atoms with E-state index in [4.69, 9.17) is 4.74 Å². The summed E-state index contributed by atoms with van der Waals surface area (Å²) in [6.45, 7) is 3.66. The molecule has 0 bridgehead atoms. The highest BCUT2D eigenvalue weighted by Gasteiger charge is 2.31. The van der Waals surface area contributed by atoms with Gasteiger partial charge in [0, 0.05) is 24.4 Å². The minimum absolute atomic E-state index is 0.227. The van der Waals surface area contributed by atoms with Gasteiger partial charge >= 0.3 is 0 Å². The molecular formula is C15H26BrNO2. The van der Waals surface area contributed by atoms with Gasteiger partial charge in [0.1, 0.15) is 0 Å². The molecule has 2 fully saturated rings. The van der Waals surface area contributed by atoms with Crippen LogP contribution in [0.4, 0.5) is 0 Å². The van der Waals surface area contributed by atoms with E-state index < -0.39 is 0 Å². The van der Waals surface area contributed by atoms with Gasteiger partial charge in [-0.05, 0) is 44.4 Å². The zero-order valence-electron chi connectivity index (χ0n) is 11.9. The first-order chi connectivity index (χ1) is 9.19. The Morgan fingerprint density at radius 2 is 2.05 bits per heavy atom. The predicted octanol–water partition coefficient (Wildman–Crippen LogP) is 3.26. The van der Waals surface area contributed by atoms with Crippen LogP contribution in [0.1, 0.15) is 51.9 Å². The molecule has 0 aromatic heterocycles. The fourth-order valence-electron chi connectivity index (χ4n) is 3.18. The van der Waals surface area contributed by atoms with Gasteiger partial charge in [-0.3, -0.25) is 4.79 Å². The van der Waals surface area contributed by atoms with Gasteiger partial charge in [0.15, 0.2) is 0 Å². The quantitative estimate of drug-likeness (QED) is 0.758. The Morgan fingerprint density at radius 1 is 1.32 bits per heavy atom. The van der Waals surface area contributed by atoms with E-state index in [2.05, 4.69) is 21.2 Å². The highest BCUT2D eigenvalue weighted by Crippen LogP contribution is 2.33. The first-order valence-electron chi connectivity index (χ1n) is 7.71. The van der Waals surface area contributed by atoms with E-state index in [0.717, 1.165) is 26.0 Å². The lowest BCUT2D eigenvalue weighted by Crippen LogP contribution is -2.38. The van der Waals surface area contributed by atoms with Gasteiger partial charge in [-0.2, -0.15) is 0 Å². The van der Waals surface area contributed by atoms with E-state index in [-0.39, 0.29) is 5.91 Å². The van der Waals surface area contributed by atoms with Gasteiger partial charge < -0.3 is 10.1 Å². The van der Waals surface area contributed by atoms with Crippen molar-refractivity contribution in [2.45, 2.75) is 62.8 Å². The summed E-state index contributed by atoms with van der Waals surface area (Å²) in [4.78, 5) is 12.5. The molecule has 1 amide bonds. The summed E-state index contributed by atoms with van der Waals surface area (Å²) in [5.74, 6) is 1.39. The third-order valence-corrected chi connectivity index (χ3v) is 5.65. The predicted molar refractivity (Wildman–Crippen MR) is 80.4 cm³/mol. The highest BCUT2D eigenvalue weighted by atomic mass is 79.9. The molecule has 19 heavy (non-hydrogen) atoms. The van der Waals surface area contributed by atoms with Crippen molar-refractivity contribution in [3.05, 3.63) is 0 Å². The van der Waals surface area contributed by atoms with Crippen LogP contribution in [0.25, 0.3) is 0 Å². The van der Waals surface area contributed by atoms with E-state index in [0.29, 0.717) is 29.2 Å². The topological polar surface area (TPSA) is 38.3 Å². The Bertz CT molecular complexity index is 292. The number of amides is 1. The molecule has 2 aliphatic carbocycles. The molecule has 0 saturated heterocycles. The Hall–Kier alpha value is -0.0900. The lowest BCUT2D eigenvalue weighted by Gasteiger charge is -2.34. The van der Waals surface area contributed by atoms with Crippen LogP contribution in [0.3, 0.4) is 0 Å². The largest absolute Gasteiger partial charge is 0.378 e. The number of hydrogen-bond acceptors (Lipinski definition) is 2. The zero-order valence-corrected chi connectivity index (χ0v) is 13.5. The maximum Gasteiger partial charge on any atom is 0.220 e. The second-order valence-electron chi connectivity index (χ2n) is 5.98. The Kier molecular flexibility index (Phi) is 6.14. The summed E-state index contributed by atoms with van der Waals surface area (Å²) in [5.41, 5.74) is 0. The third kappa shape index (κ3) is 4.75. The Morgan fingerprint density at radius 3 is 2.74 bits per heavy atom. The Labute approximate surface area is 125 Å². The molecule has 0 heterocycles. The molecule has 2 unspecified atom stereocenters. The number of halogens is 1. The second kappa shape index (κ2) is 7.63. The maximum absolute atomic E-state index is 11.9. The third-order valence-electron chi connectivity index (χ3n) is 4.45. The molecule has 2 aliphatic rings. The summed E-state index contributed by atoms with van der Waals surface area (Å²) in [6.07, 6.45) is 8.34. The Balaban J connectivity index is 1.57. The molecule has 0 spiro atoms. The van der Waals surface area contributed by atoms with Crippen molar-refractivity contribution in [3.8, 4) is 0 Å². The van der Waals surface area contributed by atoms with Gasteiger partial charge in [0.2, 0.25) is 5.91 Å². The van der Waals surface area contributed by atoms with Crippen LogP contribution in [-0.2, 0) is 9.53 Å². The van der Waals surface area contributed by atoms with Crippen LogP contribution >= 0.6 is 15.9 Å². The minimum atomic E-state index is 0.227. The van der Waals surface area contributed by atoms with Crippen molar-refractivity contribution in [1.29, 1.82) is 0 Å². The standard InChI is InChI=1S/C15H26BrNO2/c1-2-19-13-7-11(8-13)9-15(18)17-10-12-5-3-4-6-14(12)16/h11-14H,2-10H2,1H3,(H,17,18). The molecule has 0 aromatic rings. The minimum Gasteiger partial charge on any atom is -0.378 e. The second-order valence-corrected chi connectivity index (χ2v) is 7.16. The van der Waals surface area contributed by atoms with Crippen LogP contribution < -0.4 is 5.32 Å². The number of alkyl halides is 1. The van der Waals surface area contributed by atoms with Gasteiger partial charge in [-0.15, -0.1) is 0 Å². The van der Waals surface area contributed by atoms with Crippen LogP contribution in [0.5, 0.6) is 0 Å². The van der Waals surface area contributed by atoms with Gasteiger partial charge in [0.25, 0.3) is 0 Å². The SMILES string of the molecule is CCOC1CC(CC(=O)NCC2CCCCC2Br)C1. The van der Waals surface area contributed by atoms with Crippen molar-refractivity contribution in [2.24, 2.45) is 11.8 Å². The lowest BCUT2D eigenvalue weighted by atomic mass is 9.80. The lowest BCUT2D eigenvalue weighted by molar-refractivity contribution is -0.124. The van der Waals surface area contributed by atoms with Crippen molar-refractivity contribution in [2.75, 3.05) is 13.2 Å².